The molecule has 2 aromatic rings. The van der Waals surface area contributed by atoms with E-state index < -0.39 is 6.09 Å². The van der Waals surface area contributed by atoms with Crippen LogP contribution < -0.4 is 10.2 Å². The Labute approximate surface area is 150 Å². The Morgan fingerprint density at radius 1 is 1.29 bits per heavy atom. The average molecular weight is 365 g/mol. The van der Waals surface area contributed by atoms with Gasteiger partial charge in [-0.25, -0.2) is 10.2 Å². The highest BCUT2D eigenvalue weighted by atomic mass is 35.5. The third-order valence-electron chi connectivity index (χ3n) is 2.85. The van der Waals surface area contributed by atoms with Gasteiger partial charge in [-0.05, 0) is 42.0 Å². The Morgan fingerprint density at radius 2 is 2.08 bits per heavy atom. The second kappa shape index (κ2) is 9.85. The summed E-state index contributed by atoms with van der Waals surface area (Å²) in [6, 6.07) is 15.1. The lowest BCUT2D eigenvalue weighted by Crippen LogP contribution is -2.16. The summed E-state index contributed by atoms with van der Waals surface area (Å²) in [5, 5.41) is 4.51. The fourth-order valence-electron chi connectivity index (χ4n) is 1.74. The lowest BCUT2D eigenvalue weighted by atomic mass is 10.2. The monoisotopic (exact) mass is 364 g/mol. The van der Waals surface area contributed by atoms with Gasteiger partial charge in [-0.15, -0.1) is 11.8 Å². The van der Waals surface area contributed by atoms with E-state index in [1.54, 1.807) is 11.8 Å². The van der Waals surface area contributed by atoms with Crippen LogP contribution in [-0.4, -0.2) is 31.8 Å². The second-order valence-corrected chi connectivity index (χ2v) is 6.19. The summed E-state index contributed by atoms with van der Waals surface area (Å²) < 4.78 is 10.1. The van der Waals surface area contributed by atoms with Crippen LogP contribution in [0.25, 0.3) is 0 Å². The molecule has 2 aromatic carbocycles. The molecule has 1 amide bonds. The van der Waals surface area contributed by atoms with Crippen molar-refractivity contribution < 1.29 is 14.3 Å². The molecule has 0 radical (unpaired) electrons. The van der Waals surface area contributed by atoms with E-state index in [2.05, 4.69) is 15.3 Å². The number of nitrogens with zero attached hydrogens (tertiary/aromatic N) is 1. The van der Waals surface area contributed by atoms with Crippen molar-refractivity contribution in [1.29, 1.82) is 0 Å². The number of amides is 1. The van der Waals surface area contributed by atoms with E-state index in [-0.39, 0.29) is 0 Å². The molecular formula is C17H17ClN2O3S. The average Bonchev–Trinajstić information content (AvgIpc) is 2.60. The molecule has 0 atom stereocenters. The number of hydrazone groups is 1. The zero-order valence-electron chi connectivity index (χ0n) is 13.1. The highest BCUT2D eigenvalue weighted by Gasteiger charge is 1.98. The number of hydrogen-bond donors (Lipinski definition) is 1. The Hall–Kier alpha value is -2.18. The molecule has 0 saturated heterocycles. The van der Waals surface area contributed by atoms with E-state index in [0.717, 1.165) is 27.0 Å². The van der Waals surface area contributed by atoms with E-state index >= 15 is 0 Å². The fourth-order valence-corrected chi connectivity index (χ4v) is 2.60. The van der Waals surface area contributed by atoms with E-state index in [9.17, 15) is 4.79 Å². The van der Waals surface area contributed by atoms with E-state index in [0.29, 0.717) is 6.61 Å². The molecule has 7 heteroatoms. The number of methoxy groups -OCH3 is 1. The molecule has 0 bridgehead atoms. The molecule has 0 aromatic heterocycles. The van der Waals surface area contributed by atoms with Crippen LogP contribution in [0.2, 0.25) is 5.02 Å². The summed E-state index contributed by atoms with van der Waals surface area (Å²) in [4.78, 5) is 12.0. The molecule has 0 aliphatic heterocycles. The van der Waals surface area contributed by atoms with Crippen molar-refractivity contribution in [1.82, 2.24) is 5.43 Å². The number of ether oxygens (including phenoxy) is 2. The lowest BCUT2D eigenvalue weighted by Gasteiger charge is -2.07. The molecule has 0 heterocycles. The van der Waals surface area contributed by atoms with Gasteiger partial charge in [-0.3, -0.25) is 0 Å². The van der Waals surface area contributed by atoms with Crippen molar-refractivity contribution in [2.24, 2.45) is 5.10 Å². The molecule has 5 nitrogen and oxygen atoms in total. The third-order valence-corrected chi connectivity index (χ3v) is 4.08. The van der Waals surface area contributed by atoms with Gasteiger partial charge in [0.25, 0.3) is 0 Å². The molecule has 2 rings (SSSR count). The number of carbonyl (C=O) groups excluding carboxylic acids is 1. The van der Waals surface area contributed by atoms with Gasteiger partial charge in [0.2, 0.25) is 0 Å². The van der Waals surface area contributed by atoms with Crippen molar-refractivity contribution >= 4 is 35.7 Å². The number of nitrogens with one attached hydrogen (secondary N) is 1. The predicted octanol–water partition coefficient (Wildman–Crippen LogP) is 4.20. The topological polar surface area (TPSA) is 59.9 Å². The Balaban J connectivity index is 1.77. The van der Waals surface area contributed by atoms with Crippen molar-refractivity contribution in [3.63, 3.8) is 0 Å². The van der Waals surface area contributed by atoms with Gasteiger partial charge in [-0.1, -0.05) is 23.7 Å². The van der Waals surface area contributed by atoms with E-state index in [1.165, 1.54) is 13.3 Å². The van der Waals surface area contributed by atoms with Crippen LogP contribution >= 0.6 is 23.4 Å². The van der Waals surface area contributed by atoms with Gasteiger partial charge in [0.1, 0.15) is 5.75 Å². The maximum Gasteiger partial charge on any atom is 0.427 e. The molecular weight excluding hydrogens is 348 g/mol. The minimum Gasteiger partial charge on any atom is -0.493 e. The molecule has 126 valence electrons. The smallest absolute Gasteiger partial charge is 0.427 e. The van der Waals surface area contributed by atoms with Crippen molar-refractivity contribution in [3.05, 3.63) is 59.1 Å². The van der Waals surface area contributed by atoms with Crippen LogP contribution in [0.15, 0.2) is 58.5 Å². The molecule has 24 heavy (non-hydrogen) atoms. The summed E-state index contributed by atoms with van der Waals surface area (Å²) in [5.74, 6) is 1.57. The number of benzene rings is 2. The highest BCUT2D eigenvalue weighted by Crippen LogP contribution is 2.20. The van der Waals surface area contributed by atoms with Gasteiger partial charge in [0.15, 0.2) is 0 Å². The first-order valence-electron chi connectivity index (χ1n) is 7.15. The van der Waals surface area contributed by atoms with Crippen LogP contribution in [-0.2, 0) is 4.74 Å². The van der Waals surface area contributed by atoms with E-state index in [4.69, 9.17) is 16.3 Å². The molecule has 0 aliphatic rings. The predicted molar refractivity (Wildman–Crippen MR) is 97.2 cm³/mol. The van der Waals surface area contributed by atoms with Gasteiger partial charge >= 0.3 is 6.09 Å². The number of thioether (sulfide) groups is 1. The van der Waals surface area contributed by atoms with E-state index in [1.807, 2.05) is 48.5 Å². The first-order chi connectivity index (χ1) is 11.7. The summed E-state index contributed by atoms with van der Waals surface area (Å²) in [6.07, 6.45) is 0.907. The van der Waals surface area contributed by atoms with Crippen LogP contribution in [0.5, 0.6) is 5.75 Å². The summed E-state index contributed by atoms with van der Waals surface area (Å²) in [5.41, 5.74) is 3.04. The third kappa shape index (κ3) is 6.52. The minimum atomic E-state index is -0.613. The van der Waals surface area contributed by atoms with Crippen LogP contribution in [0.3, 0.4) is 0 Å². The minimum absolute atomic E-state index is 0.578. The highest BCUT2D eigenvalue weighted by molar-refractivity contribution is 7.99. The Morgan fingerprint density at radius 3 is 2.83 bits per heavy atom. The van der Waals surface area contributed by atoms with Gasteiger partial charge in [0.05, 0.1) is 19.9 Å². The summed E-state index contributed by atoms with van der Waals surface area (Å²) >= 11 is 7.56. The fraction of sp³-hybridized carbons (Fsp3) is 0.176. The Bertz CT molecular complexity index is 692. The molecule has 0 unspecified atom stereocenters. The van der Waals surface area contributed by atoms with Gasteiger partial charge in [0, 0.05) is 15.7 Å². The van der Waals surface area contributed by atoms with Crippen LogP contribution in [0.4, 0.5) is 4.79 Å². The number of carbonyl (C=O) groups is 1. The molecule has 0 spiro atoms. The molecule has 1 N–H and O–H groups in total. The number of halogens is 1. The molecule has 0 fully saturated rings. The van der Waals surface area contributed by atoms with Crippen LogP contribution in [0.1, 0.15) is 5.56 Å². The molecule has 0 aliphatic carbocycles. The largest absolute Gasteiger partial charge is 0.493 e. The van der Waals surface area contributed by atoms with Crippen LogP contribution in [0, 0.1) is 0 Å². The molecule has 0 saturated carbocycles. The number of hydrogen-bond acceptors (Lipinski definition) is 5. The summed E-state index contributed by atoms with van der Waals surface area (Å²) in [7, 11) is 1.28. The lowest BCUT2D eigenvalue weighted by molar-refractivity contribution is 0.171. The zero-order chi connectivity index (χ0) is 17.2. The first-order valence-corrected chi connectivity index (χ1v) is 8.52. The quantitative estimate of drug-likeness (QED) is 0.346. The standard InChI is InChI=1S/C17H17ClN2O3S/c1-22-17(21)20-19-12-13-3-2-4-15(11-13)23-9-10-24-16-7-5-14(18)6-8-16/h2-8,11-12H,9-10H2,1H3,(H,20,21)/b19-12+. The Kier molecular flexibility index (Phi) is 7.45. The SMILES string of the molecule is COC(=O)N/N=C/c1cccc(OCCSc2ccc(Cl)cc2)c1. The van der Waals surface area contributed by atoms with Crippen molar-refractivity contribution in [2.45, 2.75) is 4.90 Å². The first kappa shape index (κ1) is 18.2. The zero-order valence-corrected chi connectivity index (χ0v) is 14.6. The second-order valence-electron chi connectivity index (χ2n) is 4.58. The maximum atomic E-state index is 10.9. The van der Waals surface area contributed by atoms with Gasteiger partial charge < -0.3 is 9.47 Å². The number of rotatable bonds is 7. The summed E-state index contributed by atoms with van der Waals surface area (Å²) in [6.45, 7) is 0.578. The van der Waals surface area contributed by atoms with Crippen molar-refractivity contribution in [2.75, 3.05) is 19.5 Å². The normalized spacial score (nSPS) is 10.6. The van der Waals surface area contributed by atoms with Crippen molar-refractivity contribution in [3.8, 4) is 5.75 Å². The maximum absolute atomic E-state index is 10.9. The van der Waals surface area contributed by atoms with Gasteiger partial charge in [-0.2, -0.15) is 5.10 Å².